The molecule has 0 fully saturated rings. The Morgan fingerprint density at radius 1 is 1.15 bits per heavy atom. The SMILES string of the molecule is COc1ccc(C(C)Nc2ccc(F)cc2Cl)cc1F. The van der Waals surface area contributed by atoms with Crippen LogP contribution in [0.5, 0.6) is 5.75 Å². The standard InChI is InChI=1S/C15H14ClF2NO/c1-9(10-3-6-15(20-2)13(18)7-10)19-14-5-4-11(17)8-12(14)16/h3-9,19H,1-2H3. The molecule has 0 aliphatic carbocycles. The van der Waals surface area contributed by atoms with E-state index in [9.17, 15) is 8.78 Å². The van der Waals surface area contributed by atoms with Gasteiger partial charge >= 0.3 is 0 Å². The van der Waals surface area contributed by atoms with Crippen LogP contribution in [0.4, 0.5) is 14.5 Å². The molecule has 0 heterocycles. The average molecular weight is 298 g/mol. The maximum Gasteiger partial charge on any atom is 0.165 e. The second kappa shape index (κ2) is 6.09. The lowest BCUT2D eigenvalue weighted by Crippen LogP contribution is -2.07. The monoisotopic (exact) mass is 297 g/mol. The Balaban J connectivity index is 2.19. The Hall–Kier alpha value is -1.81. The third-order valence-electron chi connectivity index (χ3n) is 2.98. The first-order valence-corrected chi connectivity index (χ1v) is 6.44. The summed E-state index contributed by atoms with van der Waals surface area (Å²) in [5.74, 6) is -0.631. The molecule has 2 nitrogen and oxygen atoms in total. The van der Waals surface area contributed by atoms with Gasteiger partial charge in [0.1, 0.15) is 5.82 Å². The number of hydrogen-bond acceptors (Lipinski definition) is 2. The number of hydrogen-bond donors (Lipinski definition) is 1. The second-order valence-electron chi connectivity index (χ2n) is 4.38. The molecule has 1 N–H and O–H groups in total. The lowest BCUT2D eigenvalue weighted by molar-refractivity contribution is 0.386. The summed E-state index contributed by atoms with van der Waals surface area (Å²) < 4.78 is 31.5. The van der Waals surface area contributed by atoms with Gasteiger partial charge in [0.05, 0.1) is 17.8 Å². The van der Waals surface area contributed by atoms with Crippen LogP contribution in [-0.2, 0) is 0 Å². The van der Waals surface area contributed by atoms with Crippen molar-refractivity contribution < 1.29 is 13.5 Å². The highest BCUT2D eigenvalue weighted by Crippen LogP contribution is 2.28. The topological polar surface area (TPSA) is 21.3 Å². The minimum Gasteiger partial charge on any atom is -0.494 e. The third-order valence-corrected chi connectivity index (χ3v) is 3.29. The molecule has 0 aromatic heterocycles. The zero-order valence-corrected chi connectivity index (χ0v) is 11.8. The minimum absolute atomic E-state index is 0.182. The van der Waals surface area contributed by atoms with Gasteiger partial charge in [-0.05, 0) is 42.8 Å². The number of benzene rings is 2. The van der Waals surface area contributed by atoms with Crippen LogP contribution in [0.2, 0.25) is 5.02 Å². The molecule has 0 aliphatic rings. The third kappa shape index (κ3) is 3.20. The van der Waals surface area contributed by atoms with Crippen molar-refractivity contribution >= 4 is 17.3 Å². The fraction of sp³-hybridized carbons (Fsp3) is 0.200. The summed E-state index contributed by atoms with van der Waals surface area (Å²) in [6.45, 7) is 1.86. The molecular weight excluding hydrogens is 284 g/mol. The fourth-order valence-corrected chi connectivity index (χ4v) is 2.10. The van der Waals surface area contributed by atoms with E-state index in [0.29, 0.717) is 5.69 Å². The van der Waals surface area contributed by atoms with Crippen LogP contribution in [0.1, 0.15) is 18.5 Å². The van der Waals surface area contributed by atoms with Gasteiger partial charge in [0.2, 0.25) is 0 Å². The lowest BCUT2D eigenvalue weighted by atomic mass is 10.1. The van der Waals surface area contributed by atoms with Crippen molar-refractivity contribution in [2.75, 3.05) is 12.4 Å². The number of nitrogens with one attached hydrogen (secondary N) is 1. The van der Waals surface area contributed by atoms with E-state index in [1.807, 2.05) is 6.92 Å². The zero-order chi connectivity index (χ0) is 14.7. The van der Waals surface area contributed by atoms with Gasteiger partial charge in [-0.2, -0.15) is 0 Å². The number of anilines is 1. The predicted octanol–water partition coefficient (Wildman–Crippen LogP) is 4.80. The fourth-order valence-electron chi connectivity index (χ4n) is 1.88. The van der Waals surface area contributed by atoms with E-state index in [0.717, 1.165) is 5.56 Å². The van der Waals surface area contributed by atoms with Gasteiger partial charge in [0.25, 0.3) is 0 Å². The minimum atomic E-state index is -0.427. The van der Waals surface area contributed by atoms with E-state index in [-0.39, 0.29) is 16.8 Å². The van der Waals surface area contributed by atoms with Gasteiger partial charge in [-0.25, -0.2) is 8.78 Å². The summed E-state index contributed by atoms with van der Waals surface area (Å²) in [6, 6.07) is 8.63. The summed E-state index contributed by atoms with van der Waals surface area (Å²) in [7, 11) is 1.41. The van der Waals surface area contributed by atoms with Crippen LogP contribution in [0.15, 0.2) is 36.4 Å². The highest BCUT2D eigenvalue weighted by atomic mass is 35.5. The Morgan fingerprint density at radius 3 is 2.50 bits per heavy atom. The Bertz CT molecular complexity index is 619. The quantitative estimate of drug-likeness (QED) is 0.875. The molecule has 5 heteroatoms. The maximum absolute atomic E-state index is 13.7. The zero-order valence-electron chi connectivity index (χ0n) is 11.1. The van der Waals surface area contributed by atoms with Crippen LogP contribution in [0.3, 0.4) is 0 Å². The molecular formula is C15H14ClF2NO. The smallest absolute Gasteiger partial charge is 0.165 e. The molecule has 0 saturated carbocycles. The summed E-state index contributed by atoms with van der Waals surface area (Å²) in [6.07, 6.45) is 0. The number of ether oxygens (including phenoxy) is 1. The van der Waals surface area contributed by atoms with Crippen LogP contribution >= 0.6 is 11.6 Å². The summed E-state index contributed by atoms with van der Waals surface area (Å²) in [5.41, 5.74) is 1.33. The van der Waals surface area contributed by atoms with Crippen molar-refractivity contribution in [2.24, 2.45) is 0 Å². The highest BCUT2D eigenvalue weighted by Gasteiger charge is 2.11. The van der Waals surface area contributed by atoms with Crippen molar-refractivity contribution in [1.82, 2.24) is 0 Å². The van der Waals surface area contributed by atoms with Crippen LogP contribution in [0.25, 0.3) is 0 Å². The average Bonchev–Trinajstić information content (AvgIpc) is 2.41. The number of rotatable bonds is 4. The summed E-state index contributed by atoms with van der Waals surface area (Å²) in [5, 5.41) is 3.40. The number of methoxy groups -OCH3 is 1. The van der Waals surface area contributed by atoms with Crippen molar-refractivity contribution in [1.29, 1.82) is 0 Å². The Kier molecular flexibility index (Phi) is 4.45. The molecule has 0 aliphatic heterocycles. The van der Waals surface area contributed by atoms with E-state index >= 15 is 0 Å². The molecule has 1 unspecified atom stereocenters. The van der Waals surface area contributed by atoms with Crippen molar-refractivity contribution in [2.45, 2.75) is 13.0 Å². The molecule has 2 aromatic rings. The summed E-state index contributed by atoms with van der Waals surface area (Å²) >= 11 is 5.94. The molecule has 2 aromatic carbocycles. The number of halogens is 3. The largest absolute Gasteiger partial charge is 0.494 e. The second-order valence-corrected chi connectivity index (χ2v) is 4.79. The van der Waals surface area contributed by atoms with E-state index < -0.39 is 11.6 Å². The Labute approximate surface area is 121 Å². The molecule has 20 heavy (non-hydrogen) atoms. The van der Waals surface area contributed by atoms with Crippen molar-refractivity contribution in [3.8, 4) is 5.75 Å². The normalized spacial score (nSPS) is 12.1. The Morgan fingerprint density at radius 2 is 1.90 bits per heavy atom. The van der Waals surface area contributed by atoms with Crippen LogP contribution < -0.4 is 10.1 Å². The van der Waals surface area contributed by atoms with Crippen LogP contribution in [-0.4, -0.2) is 7.11 Å². The van der Waals surface area contributed by atoms with E-state index in [2.05, 4.69) is 5.32 Å². The van der Waals surface area contributed by atoms with Gasteiger partial charge in [-0.3, -0.25) is 0 Å². The first kappa shape index (κ1) is 14.6. The van der Waals surface area contributed by atoms with Gasteiger partial charge in [-0.15, -0.1) is 0 Å². The maximum atomic E-state index is 13.7. The molecule has 1 atom stereocenters. The van der Waals surface area contributed by atoms with E-state index in [1.165, 1.54) is 25.3 Å². The van der Waals surface area contributed by atoms with E-state index in [4.69, 9.17) is 16.3 Å². The first-order chi connectivity index (χ1) is 9.51. The van der Waals surface area contributed by atoms with Gasteiger partial charge in [0.15, 0.2) is 11.6 Å². The molecule has 0 spiro atoms. The molecule has 0 amide bonds. The molecule has 2 rings (SSSR count). The molecule has 0 bridgehead atoms. The van der Waals surface area contributed by atoms with Gasteiger partial charge < -0.3 is 10.1 Å². The van der Waals surface area contributed by atoms with Crippen molar-refractivity contribution in [3.05, 3.63) is 58.6 Å². The van der Waals surface area contributed by atoms with Crippen LogP contribution in [0, 0.1) is 11.6 Å². The van der Waals surface area contributed by atoms with Crippen molar-refractivity contribution in [3.63, 3.8) is 0 Å². The highest BCUT2D eigenvalue weighted by molar-refractivity contribution is 6.33. The predicted molar refractivity (Wildman–Crippen MR) is 76.4 cm³/mol. The van der Waals surface area contributed by atoms with E-state index in [1.54, 1.807) is 18.2 Å². The lowest BCUT2D eigenvalue weighted by Gasteiger charge is -2.17. The molecule has 0 radical (unpaired) electrons. The molecule has 106 valence electrons. The summed E-state index contributed by atoms with van der Waals surface area (Å²) in [4.78, 5) is 0. The van der Waals surface area contributed by atoms with Gasteiger partial charge in [0, 0.05) is 6.04 Å². The van der Waals surface area contributed by atoms with Gasteiger partial charge in [-0.1, -0.05) is 17.7 Å². The first-order valence-electron chi connectivity index (χ1n) is 6.06. The molecule has 0 saturated heterocycles.